The molecule has 5 nitrogen and oxygen atoms in total. The van der Waals surface area contributed by atoms with Crippen LogP contribution in [0.4, 0.5) is 10.5 Å². The van der Waals surface area contributed by atoms with Crippen molar-refractivity contribution in [3.8, 4) is 0 Å². The lowest BCUT2D eigenvalue weighted by atomic mass is 10.0. The second kappa shape index (κ2) is 4.45. The number of ether oxygens (including phenoxy) is 1. The van der Waals surface area contributed by atoms with E-state index < -0.39 is 17.7 Å². The van der Waals surface area contributed by atoms with E-state index in [9.17, 15) is 14.7 Å². The minimum Gasteiger partial charge on any atom is -0.478 e. The number of aromatic carboxylic acids is 1. The van der Waals surface area contributed by atoms with Crippen LogP contribution < -0.4 is 4.90 Å². The number of anilines is 1. The van der Waals surface area contributed by atoms with Gasteiger partial charge in [-0.3, -0.25) is 4.90 Å². The van der Waals surface area contributed by atoms with Gasteiger partial charge < -0.3 is 9.84 Å². The van der Waals surface area contributed by atoms with Gasteiger partial charge in [0.1, 0.15) is 5.60 Å². The van der Waals surface area contributed by atoms with Crippen LogP contribution in [0.2, 0.25) is 0 Å². The van der Waals surface area contributed by atoms with Crippen molar-refractivity contribution in [1.82, 2.24) is 0 Å². The third kappa shape index (κ3) is 2.06. The summed E-state index contributed by atoms with van der Waals surface area (Å²) in [5.74, 6) is 0.719. The Bertz CT molecular complexity index is 539. The molecular formula is C13H13NO4S. The summed E-state index contributed by atoms with van der Waals surface area (Å²) in [7, 11) is 0. The topological polar surface area (TPSA) is 66.8 Å². The predicted molar refractivity (Wildman–Crippen MR) is 71.9 cm³/mol. The molecule has 19 heavy (non-hydrogen) atoms. The summed E-state index contributed by atoms with van der Waals surface area (Å²) in [6.45, 7) is 0.434. The SMILES string of the molecule is O=C(O)c1ccccc1N1CC2(CCSC2)OC1=O. The van der Waals surface area contributed by atoms with Gasteiger partial charge in [-0.2, -0.15) is 11.8 Å². The highest BCUT2D eigenvalue weighted by Gasteiger charge is 2.48. The van der Waals surface area contributed by atoms with Crippen molar-refractivity contribution >= 4 is 29.5 Å². The minimum absolute atomic E-state index is 0.127. The maximum absolute atomic E-state index is 12.0. The molecule has 2 saturated heterocycles. The number of amides is 1. The zero-order valence-electron chi connectivity index (χ0n) is 10.2. The Balaban J connectivity index is 1.95. The summed E-state index contributed by atoms with van der Waals surface area (Å²) in [5.41, 5.74) is 0.101. The van der Waals surface area contributed by atoms with E-state index in [-0.39, 0.29) is 5.56 Å². The molecule has 6 heteroatoms. The highest BCUT2D eigenvalue weighted by Crippen LogP contribution is 2.39. The molecular weight excluding hydrogens is 266 g/mol. The lowest BCUT2D eigenvalue weighted by Crippen LogP contribution is -2.34. The second-order valence-electron chi connectivity index (χ2n) is 4.76. The molecule has 3 rings (SSSR count). The number of carboxylic acids is 1. The Morgan fingerprint density at radius 1 is 1.42 bits per heavy atom. The first-order valence-electron chi connectivity index (χ1n) is 6.02. The number of carbonyl (C=O) groups is 2. The van der Waals surface area contributed by atoms with Crippen molar-refractivity contribution in [2.24, 2.45) is 0 Å². The van der Waals surface area contributed by atoms with Gasteiger partial charge >= 0.3 is 12.1 Å². The normalized spacial score (nSPS) is 25.9. The molecule has 2 aliphatic heterocycles. The van der Waals surface area contributed by atoms with Crippen molar-refractivity contribution in [3.63, 3.8) is 0 Å². The average Bonchev–Trinajstić information content (AvgIpc) is 2.97. The van der Waals surface area contributed by atoms with E-state index in [2.05, 4.69) is 0 Å². The maximum atomic E-state index is 12.0. The standard InChI is InChI=1S/C13H13NO4S/c15-11(16)9-3-1-2-4-10(9)14-7-13(18-12(14)17)5-6-19-8-13/h1-4H,5-8H2,(H,15,16). The summed E-state index contributed by atoms with van der Waals surface area (Å²) < 4.78 is 5.48. The summed E-state index contributed by atoms with van der Waals surface area (Å²) >= 11 is 1.76. The Hall–Kier alpha value is -1.69. The molecule has 1 spiro atoms. The van der Waals surface area contributed by atoms with Crippen LogP contribution in [0, 0.1) is 0 Å². The molecule has 2 heterocycles. The van der Waals surface area contributed by atoms with Crippen molar-refractivity contribution in [2.45, 2.75) is 12.0 Å². The fourth-order valence-electron chi connectivity index (χ4n) is 2.49. The zero-order chi connectivity index (χ0) is 13.5. The van der Waals surface area contributed by atoms with Crippen LogP contribution in [0.25, 0.3) is 0 Å². The van der Waals surface area contributed by atoms with E-state index in [1.165, 1.54) is 11.0 Å². The summed E-state index contributed by atoms with van der Waals surface area (Å²) in [5, 5.41) is 9.19. The number of nitrogens with zero attached hydrogens (tertiary/aromatic N) is 1. The van der Waals surface area contributed by atoms with Gasteiger partial charge in [0.25, 0.3) is 0 Å². The fraction of sp³-hybridized carbons (Fsp3) is 0.385. The van der Waals surface area contributed by atoms with Crippen LogP contribution in [-0.4, -0.2) is 40.8 Å². The molecule has 1 aromatic carbocycles. The van der Waals surface area contributed by atoms with Crippen molar-refractivity contribution in [1.29, 1.82) is 0 Å². The van der Waals surface area contributed by atoms with Gasteiger partial charge in [0, 0.05) is 5.75 Å². The van der Waals surface area contributed by atoms with Crippen LogP contribution >= 0.6 is 11.8 Å². The first-order valence-corrected chi connectivity index (χ1v) is 7.17. The summed E-state index contributed by atoms with van der Waals surface area (Å²) in [6.07, 6.45) is 0.381. The number of rotatable bonds is 2. The molecule has 100 valence electrons. The third-order valence-corrected chi connectivity index (χ3v) is 4.69. The molecule has 1 amide bonds. The molecule has 0 saturated carbocycles. The average molecular weight is 279 g/mol. The molecule has 1 atom stereocenters. The number of thioether (sulfide) groups is 1. The Kier molecular flexibility index (Phi) is 2.89. The molecule has 2 aliphatic rings. The molecule has 0 bridgehead atoms. The van der Waals surface area contributed by atoms with Gasteiger partial charge in [-0.05, 0) is 24.3 Å². The molecule has 1 aromatic rings. The Morgan fingerprint density at radius 2 is 2.21 bits per heavy atom. The van der Waals surface area contributed by atoms with Crippen molar-refractivity contribution in [2.75, 3.05) is 23.0 Å². The van der Waals surface area contributed by atoms with E-state index >= 15 is 0 Å². The monoisotopic (exact) mass is 279 g/mol. The van der Waals surface area contributed by atoms with Gasteiger partial charge in [-0.15, -0.1) is 0 Å². The quantitative estimate of drug-likeness (QED) is 0.899. The van der Waals surface area contributed by atoms with Gasteiger partial charge in [-0.1, -0.05) is 12.1 Å². The third-order valence-electron chi connectivity index (χ3n) is 3.46. The fourth-order valence-corrected chi connectivity index (χ4v) is 3.82. The molecule has 0 aromatic heterocycles. The van der Waals surface area contributed by atoms with E-state index in [0.717, 1.165) is 17.9 Å². The molecule has 0 radical (unpaired) electrons. The number of para-hydroxylation sites is 1. The maximum Gasteiger partial charge on any atom is 0.415 e. The van der Waals surface area contributed by atoms with E-state index in [1.54, 1.807) is 30.0 Å². The van der Waals surface area contributed by atoms with E-state index in [1.807, 2.05) is 0 Å². The first-order chi connectivity index (χ1) is 9.11. The van der Waals surface area contributed by atoms with E-state index in [4.69, 9.17) is 4.74 Å². The number of benzene rings is 1. The number of hydrogen-bond acceptors (Lipinski definition) is 4. The minimum atomic E-state index is -1.04. The van der Waals surface area contributed by atoms with Crippen LogP contribution in [0.1, 0.15) is 16.8 Å². The summed E-state index contributed by atoms with van der Waals surface area (Å²) in [6, 6.07) is 6.52. The predicted octanol–water partition coefficient (Wildman–Crippen LogP) is 2.22. The second-order valence-corrected chi connectivity index (χ2v) is 5.87. The number of hydrogen-bond donors (Lipinski definition) is 1. The largest absolute Gasteiger partial charge is 0.478 e. The summed E-state index contributed by atoms with van der Waals surface area (Å²) in [4.78, 5) is 24.7. The Labute approximate surface area is 114 Å². The highest BCUT2D eigenvalue weighted by atomic mass is 32.2. The number of carbonyl (C=O) groups excluding carboxylic acids is 1. The molecule has 1 unspecified atom stereocenters. The number of carboxylic acid groups (broad SMARTS) is 1. The van der Waals surface area contributed by atoms with Crippen LogP contribution in [0.3, 0.4) is 0 Å². The molecule has 1 N–H and O–H groups in total. The van der Waals surface area contributed by atoms with Gasteiger partial charge in [0.05, 0.1) is 17.8 Å². The van der Waals surface area contributed by atoms with E-state index in [0.29, 0.717) is 12.2 Å². The first kappa shape index (κ1) is 12.3. The van der Waals surface area contributed by atoms with Gasteiger partial charge in [0.15, 0.2) is 0 Å². The van der Waals surface area contributed by atoms with Crippen molar-refractivity contribution < 1.29 is 19.4 Å². The van der Waals surface area contributed by atoms with Gasteiger partial charge in [-0.25, -0.2) is 9.59 Å². The van der Waals surface area contributed by atoms with Crippen molar-refractivity contribution in [3.05, 3.63) is 29.8 Å². The van der Waals surface area contributed by atoms with Crippen LogP contribution in [0.15, 0.2) is 24.3 Å². The molecule has 2 fully saturated rings. The zero-order valence-corrected chi connectivity index (χ0v) is 11.0. The van der Waals surface area contributed by atoms with Gasteiger partial charge in [0.2, 0.25) is 0 Å². The smallest absolute Gasteiger partial charge is 0.415 e. The Morgan fingerprint density at radius 3 is 2.89 bits per heavy atom. The lowest BCUT2D eigenvalue weighted by Gasteiger charge is -2.19. The lowest BCUT2D eigenvalue weighted by molar-refractivity contribution is 0.0697. The van der Waals surface area contributed by atoms with Crippen LogP contribution in [0.5, 0.6) is 0 Å². The molecule has 0 aliphatic carbocycles. The highest BCUT2D eigenvalue weighted by molar-refractivity contribution is 7.99. The van der Waals surface area contributed by atoms with Crippen LogP contribution in [-0.2, 0) is 4.74 Å².